The van der Waals surface area contributed by atoms with Crippen molar-refractivity contribution in [2.24, 2.45) is 5.10 Å². The highest BCUT2D eigenvalue weighted by Gasteiger charge is 2.13. The topological polar surface area (TPSA) is 78.8 Å². The molecule has 0 amide bonds. The predicted octanol–water partition coefficient (Wildman–Crippen LogP) is 2.48. The molecule has 21 heavy (non-hydrogen) atoms. The summed E-state index contributed by atoms with van der Waals surface area (Å²) in [4.78, 5) is 2.34. The summed E-state index contributed by atoms with van der Waals surface area (Å²) in [5.41, 5.74) is 0.975. The van der Waals surface area contributed by atoms with Crippen molar-refractivity contribution < 1.29 is 13.5 Å². The smallest absolute Gasteiger partial charge is 0.276 e. The normalized spacial score (nSPS) is 12.1. The van der Waals surface area contributed by atoms with E-state index in [9.17, 15) is 13.5 Å². The Morgan fingerprint density at radius 3 is 2.33 bits per heavy atom. The monoisotopic (exact) mass is 304 g/mol. The number of aromatic hydroxyl groups is 1. The Kier molecular flexibility index (Phi) is 4.59. The molecule has 0 bridgehead atoms. The number of benzene rings is 2. The molecular weight excluding hydrogens is 288 g/mol. The van der Waals surface area contributed by atoms with E-state index in [2.05, 4.69) is 9.93 Å². The Morgan fingerprint density at radius 1 is 1.10 bits per heavy atom. The Balaban J connectivity index is 2.29. The van der Waals surface area contributed by atoms with Gasteiger partial charge in [0.2, 0.25) is 0 Å². The molecule has 0 atom stereocenters. The Hall–Kier alpha value is -2.34. The van der Waals surface area contributed by atoms with Crippen molar-refractivity contribution in [1.82, 2.24) is 4.83 Å². The molecular formula is C15H16N2O3S. The third-order valence-electron chi connectivity index (χ3n) is 2.90. The number of nitrogens with zero attached hydrogens (tertiary/aromatic N) is 1. The van der Waals surface area contributed by atoms with Gasteiger partial charge in [0.1, 0.15) is 5.75 Å². The van der Waals surface area contributed by atoms with E-state index in [-0.39, 0.29) is 10.6 Å². The summed E-state index contributed by atoms with van der Waals surface area (Å²) in [7, 11) is -3.71. The standard InChI is InChI=1S/C15H16N2O3S/c1-2-14(13-10-6-7-11-15(13)18)16-17-21(19,20)12-8-4-3-5-9-12/h3-11,17-18H,2H2,1H3/b16-14-. The first-order valence-corrected chi connectivity index (χ1v) is 7.94. The number of phenols is 1. The van der Waals surface area contributed by atoms with Gasteiger partial charge in [0, 0.05) is 5.56 Å². The number of hydrogen-bond acceptors (Lipinski definition) is 4. The Morgan fingerprint density at radius 2 is 1.71 bits per heavy atom. The molecule has 0 aromatic heterocycles. The SMILES string of the molecule is CC/C(=N/NS(=O)(=O)c1ccccc1)c1ccccc1O. The maximum Gasteiger partial charge on any atom is 0.276 e. The van der Waals surface area contributed by atoms with Crippen molar-refractivity contribution >= 4 is 15.7 Å². The van der Waals surface area contributed by atoms with Crippen molar-refractivity contribution in [2.45, 2.75) is 18.2 Å². The summed E-state index contributed by atoms with van der Waals surface area (Å²) in [5.74, 6) is 0.0667. The van der Waals surface area contributed by atoms with E-state index >= 15 is 0 Å². The van der Waals surface area contributed by atoms with Crippen LogP contribution in [-0.4, -0.2) is 19.2 Å². The summed E-state index contributed by atoms with van der Waals surface area (Å²) in [5, 5.41) is 13.7. The number of hydrazone groups is 1. The third-order valence-corrected chi connectivity index (χ3v) is 4.13. The molecule has 6 heteroatoms. The molecule has 2 aromatic rings. The minimum absolute atomic E-state index is 0.0667. The first kappa shape index (κ1) is 15.1. The van der Waals surface area contributed by atoms with E-state index in [0.29, 0.717) is 17.7 Å². The molecule has 0 radical (unpaired) electrons. The van der Waals surface area contributed by atoms with Crippen molar-refractivity contribution in [2.75, 3.05) is 0 Å². The zero-order valence-corrected chi connectivity index (χ0v) is 12.3. The van der Waals surface area contributed by atoms with Crippen LogP contribution in [0.15, 0.2) is 64.6 Å². The zero-order chi connectivity index (χ0) is 15.3. The molecule has 0 aliphatic rings. The molecule has 0 spiro atoms. The minimum atomic E-state index is -3.71. The van der Waals surface area contributed by atoms with Crippen LogP contribution in [0.4, 0.5) is 0 Å². The molecule has 0 saturated carbocycles. The van der Waals surface area contributed by atoms with Gasteiger partial charge in [-0.15, -0.1) is 0 Å². The number of hydrogen-bond donors (Lipinski definition) is 2. The molecule has 0 unspecified atom stereocenters. The Labute approximate surface area is 124 Å². The Bertz CT molecular complexity index is 741. The van der Waals surface area contributed by atoms with Gasteiger partial charge in [-0.05, 0) is 30.7 Å². The fourth-order valence-electron chi connectivity index (χ4n) is 1.81. The summed E-state index contributed by atoms with van der Waals surface area (Å²) in [6.07, 6.45) is 0.481. The number of sulfonamides is 1. The second kappa shape index (κ2) is 6.41. The van der Waals surface area contributed by atoms with Gasteiger partial charge < -0.3 is 5.11 Å². The van der Waals surface area contributed by atoms with Gasteiger partial charge in [0.05, 0.1) is 10.6 Å². The molecule has 0 aliphatic heterocycles. The van der Waals surface area contributed by atoms with E-state index in [1.54, 1.807) is 36.4 Å². The third kappa shape index (κ3) is 3.61. The van der Waals surface area contributed by atoms with Gasteiger partial charge in [-0.25, -0.2) is 0 Å². The highest BCUT2D eigenvalue weighted by molar-refractivity contribution is 7.89. The van der Waals surface area contributed by atoms with Gasteiger partial charge in [0.15, 0.2) is 0 Å². The van der Waals surface area contributed by atoms with Crippen molar-refractivity contribution in [3.8, 4) is 5.75 Å². The lowest BCUT2D eigenvalue weighted by Crippen LogP contribution is -2.20. The maximum absolute atomic E-state index is 12.1. The lowest BCUT2D eigenvalue weighted by atomic mass is 10.1. The average Bonchev–Trinajstić information content (AvgIpc) is 2.50. The number of rotatable bonds is 5. The maximum atomic E-state index is 12.1. The van der Waals surface area contributed by atoms with Crippen molar-refractivity contribution in [1.29, 1.82) is 0 Å². The summed E-state index contributed by atoms with van der Waals surface area (Å²) >= 11 is 0. The molecule has 5 nitrogen and oxygen atoms in total. The molecule has 110 valence electrons. The lowest BCUT2D eigenvalue weighted by Gasteiger charge is -2.08. The van der Waals surface area contributed by atoms with Gasteiger partial charge >= 0.3 is 0 Å². The molecule has 2 rings (SSSR count). The van der Waals surface area contributed by atoms with Crippen LogP contribution in [0.1, 0.15) is 18.9 Å². The van der Waals surface area contributed by atoms with Crippen LogP contribution in [-0.2, 0) is 10.0 Å². The fourth-order valence-corrected chi connectivity index (χ4v) is 2.67. The van der Waals surface area contributed by atoms with Gasteiger partial charge in [-0.3, -0.25) is 0 Å². The minimum Gasteiger partial charge on any atom is -0.507 e. The molecule has 0 fully saturated rings. The number of para-hydroxylation sites is 1. The van der Waals surface area contributed by atoms with Crippen LogP contribution in [0.25, 0.3) is 0 Å². The van der Waals surface area contributed by atoms with Crippen LogP contribution in [0, 0.1) is 0 Å². The predicted molar refractivity (Wildman–Crippen MR) is 81.7 cm³/mol. The zero-order valence-electron chi connectivity index (χ0n) is 11.5. The van der Waals surface area contributed by atoms with E-state index in [1.807, 2.05) is 6.92 Å². The highest BCUT2D eigenvalue weighted by Crippen LogP contribution is 2.18. The van der Waals surface area contributed by atoms with Gasteiger partial charge in [0.25, 0.3) is 10.0 Å². The van der Waals surface area contributed by atoms with E-state index in [4.69, 9.17) is 0 Å². The summed E-state index contributed by atoms with van der Waals surface area (Å²) < 4.78 is 24.2. The van der Waals surface area contributed by atoms with Gasteiger partial charge in [-0.2, -0.15) is 18.4 Å². The largest absolute Gasteiger partial charge is 0.507 e. The lowest BCUT2D eigenvalue weighted by molar-refractivity contribution is 0.474. The fraction of sp³-hybridized carbons (Fsp3) is 0.133. The molecule has 0 heterocycles. The van der Waals surface area contributed by atoms with Crippen molar-refractivity contribution in [3.05, 3.63) is 60.2 Å². The number of nitrogens with one attached hydrogen (secondary N) is 1. The van der Waals surface area contributed by atoms with E-state index in [0.717, 1.165) is 0 Å². The average molecular weight is 304 g/mol. The van der Waals surface area contributed by atoms with Crippen LogP contribution in [0.2, 0.25) is 0 Å². The van der Waals surface area contributed by atoms with E-state index in [1.165, 1.54) is 18.2 Å². The second-order valence-corrected chi connectivity index (χ2v) is 6.00. The summed E-state index contributed by atoms with van der Waals surface area (Å²) in [6.45, 7) is 1.84. The van der Waals surface area contributed by atoms with E-state index < -0.39 is 10.0 Å². The van der Waals surface area contributed by atoms with Crippen LogP contribution < -0.4 is 4.83 Å². The molecule has 0 aliphatic carbocycles. The summed E-state index contributed by atoms with van der Waals surface area (Å²) in [6, 6.07) is 14.7. The number of phenolic OH excluding ortho intramolecular Hbond substituents is 1. The second-order valence-electron chi connectivity index (χ2n) is 4.34. The highest BCUT2D eigenvalue weighted by atomic mass is 32.2. The van der Waals surface area contributed by atoms with Gasteiger partial charge in [-0.1, -0.05) is 37.3 Å². The van der Waals surface area contributed by atoms with Crippen molar-refractivity contribution in [3.63, 3.8) is 0 Å². The van der Waals surface area contributed by atoms with Crippen LogP contribution in [0.3, 0.4) is 0 Å². The first-order chi connectivity index (χ1) is 10.0. The first-order valence-electron chi connectivity index (χ1n) is 6.46. The molecule has 2 aromatic carbocycles. The van der Waals surface area contributed by atoms with Crippen LogP contribution >= 0.6 is 0 Å². The van der Waals surface area contributed by atoms with Crippen LogP contribution in [0.5, 0.6) is 5.75 Å². The molecule has 2 N–H and O–H groups in total. The molecule has 0 saturated heterocycles. The quantitative estimate of drug-likeness (QED) is 0.658.